The van der Waals surface area contributed by atoms with Gasteiger partial charge in [-0.1, -0.05) is 6.07 Å². The van der Waals surface area contributed by atoms with E-state index in [9.17, 15) is 32.1 Å². The van der Waals surface area contributed by atoms with Crippen LogP contribution in [0.3, 0.4) is 0 Å². The Hall–Kier alpha value is -7.25. The molecule has 5 fully saturated rings. The van der Waals surface area contributed by atoms with E-state index in [0.29, 0.717) is 99.5 Å². The molecule has 0 bridgehead atoms. The zero-order chi connectivity index (χ0) is 58.2. The number of amides is 1. The summed E-state index contributed by atoms with van der Waals surface area (Å²) < 4.78 is 120. The van der Waals surface area contributed by atoms with Crippen LogP contribution < -0.4 is 34.0 Å². The van der Waals surface area contributed by atoms with Gasteiger partial charge in [0, 0.05) is 106 Å². The molecule has 1 spiro atoms. The highest BCUT2D eigenvalue weighted by Gasteiger charge is 2.51. The number of hydrogen-bond acceptors (Lipinski definition) is 16. The third-order valence-corrected chi connectivity index (χ3v) is 19.4. The number of pyridine rings is 1. The van der Waals surface area contributed by atoms with Crippen molar-refractivity contribution in [3.05, 3.63) is 129 Å². The highest BCUT2D eigenvalue weighted by Crippen LogP contribution is 2.54. The van der Waals surface area contributed by atoms with E-state index >= 15 is 8.78 Å². The number of piperidine rings is 1. The minimum atomic E-state index is -4.77. The van der Waals surface area contributed by atoms with E-state index in [0.717, 1.165) is 67.8 Å². The van der Waals surface area contributed by atoms with Crippen LogP contribution in [0.1, 0.15) is 86.3 Å². The molecule has 6 aliphatic heterocycles. The number of aromatic nitrogens is 2. The number of ether oxygens (including phenoxy) is 5. The zero-order valence-corrected chi connectivity index (χ0v) is 47.3. The van der Waals surface area contributed by atoms with Gasteiger partial charge in [-0.25, -0.2) is 30.7 Å². The third kappa shape index (κ3) is 10.7. The van der Waals surface area contributed by atoms with Crippen LogP contribution in [0.2, 0.25) is 0 Å². The van der Waals surface area contributed by atoms with Gasteiger partial charge in [-0.05, 0) is 124 Å². The van der Waals surface area contributed by atoms with E-state index in [1.165, 1.54) is 18.2 Å². The van der Waals surface area contributed by atoms with E-state index in [-0.39, 0.29) is 65.4 Å². The Kier molecular flexibility index (Phi) is 14.8. The molecule has 19 nitrogen and oxygen atoms in total. The molecule has 444 valence electrons. The molecule has 0 radical (unpaired) electrons. The minimum absolute atomic E-state index is 0.00208. The molecule has 3 N–H and O–H groups in total. The lowest BCUT2D eigenvalue weighted by molar-refractivity contribution is -0.384. The molecule has 13 rings (SSSR count). The maximum absolute atomic E-state index is 15.7. The number of carbonyl (C=O) groups excluding carboxylic acids is 1. The monoisotopic (exact) mass is 1180 g/mol. The van der Waals surface area contributed by atoms with Gasteiger partial charge >= 0.3 is 0 Å². The van der Waals surface area contributed by atoms with Crippen molar-refractivity contribution in [3.8, 4) is 17.4 Å². The number of hydrogen-bond donors (Lipinski definition) is 3. The molecule has 0 unspecified atom stereocenters. The largest absolute Gasteiger partial charge is 0.489 e. The number of nitrogens with one attached hydrogen (secondary N) is 3. The molecular weight excluding hydrogens is 1110 g/mol. The molecule has 84 heavy (non-hydrogen) atoms. The molecule has 1 saturated carbocycles. The predicted molar refractivity (Wildman–Crippen MR) is 303 cm³/mol. The summed E-state index contributed by atoms with van der Waals surface area (Å²) in [5.74, 6) is -3.94. The SMILES string of the molecule is CC(C)Oc1c(F)cc(F)cc1[C@@H]1CN(Cc2ccc(F)c(F)c2)CCN1C1CC2(CCN(c3ccc(C(=O)NS(=O)(=O)c4cc5c(c([N+](=O)[O-])c4)N[C@H](C4CCOCC4)CO5)c(N4c5cc6cc[nH]c6nc5O[C@H]5COCC[C@@H]54)c3)CC2)C1. The summed E-state index contributed by atoms with van der Waals surface area (Å²) in [5.41, 5.74) is 2.87. The van der Waals surface area contributed by atoms with Crippen molar-refractivity contribution in [3.63, 3.8) is 0 Å². The molecule has 6 aromatic rings. The van der Waals surface area contributed by atoms with Crippen LogP contribution >= 0.6 is 0 Å². The number of aromatic amines is 1. The van der Waals surface area contributed by atoms with E-state index in [4.69, 9.17) is 28.7 Å². The average Bonchev–Trinajstić information content (AvgIpc) is 2.49. The Labute approximate surface area is 482 Å². The van der Waals surface area contributed by atoms with E-state index in [1.807, 2.05) is 23.1 Å². The maximum Gasteiger partial charge on any atom is 0.297 e. The number of fused-ring (bicyclic) bond motifs is 4. The lowest BCUT2D eigenvalue weighted by Gasteiger charge is -2.58. The number of sulfonamides is 1. The number of rotatable bonds is 13. The van der Waals surface area contributed by atoms with Crippen molar-refractivity contribution in [1.29, 1.82) is 0 Å². The van der Waals surface area contributed by atoms with Gasteiger partial charge in [0.05, 0.1) is 51.9 Å². The van der Waals surface area contributed by atoms with Gasteiger partial charge in [0.2, 0.25) is 5.88 Å². The first-order valence-electron chi connectivity index (χ1n) is 28.8. The third-order valence-electron chi connectivity index (χ3n) is 18.1. The topological polar surface area (TPSA) is 206 Å². The van der Waals surface area contributed by atoms with Gasteiger partial charge < -0.3 is 43.8 Å². The minimum Gasteiger partial charge on any atom is -0.489 e. The molecule has 4 saturated heterocycles. The quantitative estimate of drug-likeness (QED) is 0.0559. The normalized spacial score (nSPS) is 23.0. The number of nitro benzene ring substituents is 1. The summed E-state index contributed by atoms with van der Waals surface area (Å²) in [4.78, 5) is 43.0. The Morgan fingerprint density at radius 2 is 1.69 bits per heavy atom. The molecule has 4 aromatic carbocycles. The molecule has 2 aromatic heterocycles. The number of nitrogens with zero attached hydrogens (tertiary/aromatic N) is 6. The summed E-state index contributed by atoms with van der Waals surface area (Å²) in [6, 6.07) is 16.3. The second-order valence-electron chi connectivity index (χ2n) is 23.7. The number of benzene rings is 4. The van der Waals surface area contributed by atoms with Crippen LogP contribution in [0.25, 0.3) is 11.0 Å². The fourth-order valence-corrected chi connectivity index (χ4v) is 14.8. The van der Waals surface area contributed by atoms with Crippen molar-refractivity contribution in [2.24, 2.45) is 11.3 Å². The number of piperazine rings is 1. The van der Waals surface area contributed by atoms with Gasteiger partial charge in [-0.15, -0.1) is 0 Å². The summed E-state index contributed by atoms with van der Waals surface area (Å²) in [5, 5.41) is 16.6. The smallest absolute Gasteiger partial charge is 0.297 e. The van der Waals surface area contributed by atoms with Crippen molar-refractivity contribution in [1.82, 2.24) is 24.5 Å². The summed E-state index contributed by atoms with van der Waals surface area (Å²) in [6.45, 7) is 8.59. The van der Waals surface area contributed by atoms with Crippen molar-refractivity contribution >= 4 is 55.4 Å². The van der Waals surface area contributed by atoms with Crippen LogP contribution in [0.15, 0.2) is 83.9 Å². The molecule has 1 aliphatic carbocycles. The summed E-state index contributed by atoms with van der Waals surface area (Å²) in [7, 11) is -4.77. The number of nitro groups is 1. The zero-order valence-electron chi connectivity index (χ0n) is 46.5. The maximum atomic E-state index is 15.7. The lowest BCUT2D eigenvalue weighted by atomic mass is 9.59. The van der Waals surface area contributed by atoms with Gasteiger partial charge in [-0.3, -0.25) is 24.7 Å². The lowest BCUT2D eigenvalue weighted by Crippen LogP contribution is -2.59. The van der Waals surface area contributed by atoms with E-state index in [1.54, 1.807) is 38.2 Å². The van der Waals surface area contributed by atoms with Crippen LogP contribution in [-0.4, -0.2) is 135 Å². The van der Waals surface area contributed by atoms with Crippen molar-refractivity contribution in [2.75, 3.05) is 80.9 Å². The highest BCUT2D eigenvalue weighted by molar-refractivity contribution is 7.90. The van der Waals surface area contributed by atoms with E-state index < -0.39 is 73.0 Å². The van der Waals surface area contributed by atoms with Crippen LogP contribution in [-0.2, 0) is 26.0 Å². The second kappa shape index (κ2) is 22.3. The first-order chi connectivity index (χ1) is 40.5. The Morgan fingerprint density at radius 3 is 2.46 bits per heavy atom. The molecule has 8 heterocycles. The Balaban J connectivity index is 0.779. The fraction of sp³-hybridized carbons (Fsp3) is 0.467. The molecule has 4 atom stereocenters. The van der Waals surface area contributed by atoms with Gasteiger partial charge in [-0.2, -0.15) is 4.98 Å². The van der Waals surface area contributed by atoms with Crippen molar-refractivity contribution in [2.45, 2.75) is 107 Å². The van der Waals surface area contributed by atoms with Crippen molar-refractivity contribution < 1.29 is 59.4 Å². The Bertz CT molecular complexity index is 3650. The molecular formula is C60H65F4N9O10S. The van der Waals surface area contributed by atoms with Gasteiger partial charge in [0.15, 0.2) is 34.6 Å². The standard InChI is InChI=1S/C60H65F4N9O10S/c1-34(2)82-56-43(23-38(61)24-46(56)64)52-31-69(30-35-3-6-44(62)45(63)21-35)16-17-71(52)40-28-60(29-40)11-14-70(15-12-60)39-4-5-42(49(25-39)72-48-10-20-80-33-54(48)83-59-51(72)22-37-7-13-65-57(37)67-59)58(74)68-84(77,78)41-26-50(73(75)76)55-53(27-41)81-32-47(66-55)36-8-18-79-19-9-36/h3-7,13,21-27,34,36,40,47-48,52,54,66H,8-12,14-20,28-33H2,1-2H3,(H,65,67)(H,68,74)/t47-,48-,52-,54-/m0/s1. The molecule has 7 aliphatic rings. The number of halogens is 4. The summed E-state index contributed by atoms with van der Waals surface area (Å²) in [6.07, 6.45) is 6.14. The molecule has 24 heteroatoms. The number of H-pyrrole nitrogens is 1. The molecule has 1 amide bonds. The first-order valence-corrected chi connectivity index (χ1v) is 30.3. The summed E-state index contributed by atoms with van der Waals surface area (Å²) >= 11 is 0. The second-order valence-corrected chi connectivity index (χ2v) is 25.3. The van der Waals surface area contributed by atoms with Gasteiger partial charge in [0.1, 0.15) is 29.9 Å². The van der Waals surface area contributed by atoms with Crippen LogP contribution in [0, 0.1) is 44.7 Å². The van der Waals surface area contributed by atoms with E-state index in [2.05, 4.69) is 29.7 Å². The van der Waals surface area contributed by atoms with Gasteiger partial charge in [0.25, 0.3) is 21.6 Å². The fourth-order valence-electron chi connectivity index (χ4n) is 13.8. The van der Waals surface area contributed by atoms with Crippen LogP contribution in [0.5, 0.6) is 17.4 Å². The predicted octanol–water partition coefficient (Wildman–Crippen LogP) is 9.53. The Morgan fingerprint density at radius 1 is 0.893 bits per heavy atom. The first kappa shape index (κ1) is 55.9. The van der Waals surface area contributed by atoms with Crippen LogP contribution in [0.4, 0.5) is 46.0 Å². The average molecular weight is 1180 g/mol. The highest BCUT2D eigenvalue weighted by atomic mass is 32.2. The number of carbonyl (C=O) groups is 1. The number of anilines is 4.